The standard InChI is InChI=1S/C16H19N/c17-10-9-12-5-8-16-14(11-12)7-6-13-3-1-2-4-15(13)16/h1-4,12,14,16H,5-9,11H2. The van der Waals surface area contributed by atoms with Gasteiger partial charge in [0, 0.05) is 6.42 Å². The SMILES string of the molecule is N#CCC1CCC2c3ccccc3CCC2C1. The molecule has 0 radical (unpaired) electrons. The van der Waals surface area contributed by atoms with E-state index < -0.39 is 0 Å². The molecule has 3 unspecified atom stereocenters. The predicted octanol–water partition coefficient (Wildman–Crippen LogP) is 4.05. The smallest absolute Gasteiger partial charge is 0.0624 e. The third kappa shape index (κ3) is 1.97. The fourth-order valence-corrected chi connectivity index (χ4v) is 3.87. The molecular weight excluding hydrogens is 206 g/mol. The second-order valence-electron chi connectivity index (χ2n) is 5.65. The monoisotopic (exact) mass is 225 g/mol. The van der Waals surface area contributed by atoms with Crippen molar-refractivity contribution in [3.63, 3.8) is 0 Å². The maximum Gasteiger partial charge on any atom is 0.0624 e. The second-order valence-corrected chi connectivity index (χ2v) is 5.65. The first-order valence-electron chi connectivity index (χ1n) is 6.83. The maximum absolute atomic E-state index is 8.82. The molecule has 0 saturated heterocycles. The lowest BCUT2D eigenvalue weighted by atomic mass is 9.65. The molecule has 0 N–H and O–H groups in total. The third-order valence-corrected chi connectivity index (χ3v) is 4.71. The van der Waals surface area contributed by atoms with Crippen LogP contribution in [0.4, 0.5) is 0 Å². The summed E-state index contributed by atoms with van der Waals surface area (Å²) in [4.78, 5) is 0. The van der Waals surface area contributed by atoms with Crippen molar-refractivity contribution in [2.24, 2.45) is 11.8 Å². The van der Waals surface area contributed by atoms with Crippen LogP contribution in [0.2, 0.25) is 0 Å². The summed E-state index contributed by atoms with van der Waals surface area (Å²) in [6.45, 7) is 0. The van der Waals surface area contributed by atoms with Crippen LogP contribution in [-0.4, -0.2) is 0 Å². The summed E-state index contributed by atoms with van der Waals surface area (Å²) in [7, 11) is 0. The van der Waals surface area contributed by atoms with Gasteiger partial charge in [-0.25, -0.2) is 0 Å². The van der Waals surface area contributed by atoms with Crippen LogP contribution in [0.1, 0.15) is 49.1 Å². The van der Waals surface area contributed by atoms with Gasteiger partial charge in [0.25, 0.3) is 0 Å². The minimum atomic E-state index is 0.673. The first-order chi connectivity index (χ1) is 8.38. The summed E-state index contributed by atoms with van der Waals surface area (Å²) >= 11 is 0. The van der Waals surface area contributed by atoms with Crippen LogP contribution >= 0.6 is 0 Å². The largest absolute Gasteiger partial charge is 0.198 e. The molecule has 3 rings (SSSR count). The van der Waals surface area contributed by atoms with Crippen LogP contribution in [0.25, 0.3) is 0 Å². The summed E-state index contributed by atoms with van der Waals surface area (Å²) < 4.78 is 0. The highest BCUT2D eigenvalue weighted by atomic mass is 14.4. The number of rotatable bonds is 1. The molecule has 1 heteroatoms. The number of hydrogen-bond acceptors (Lipinski definition) is 1. The van der Waals surface area contributed by atoms with E-state index >= 15 is 0 Å². The van der Waals surface area contributed by atoms with Crippen LogP contribution in [0, 0.1) is 23.2 Å². The van der Waals surface area contributed by atoms with E-state index in [1.54, 1.807) is 11.1 Å². The minimum absolute atomic E-state index is 0.673. The molecule has 1 fully saturated rings. The Labute approximate surface area is 103 Å². The molecular formula is C16H19N. The molecule has 0 spiro atoms. The number of nitrogens with zero attached hydrogens (tertiary/aromatic N) is 1. The molecule has 2 aliphatic carbocycles. The van der Waals surface area contributed by atoms with Crippen LogP contribution in [-0.2, 0) is 6.42 Å². The van der Waals surface area contributed by atoms with E-state index in [0.29, 0.717) is 5.92 Å². The molecule has 0 amide bonds. The van der Waals surface area contributed by atoms with Crippen molar-refractivity contribution in [1.29, 1.82) is 5.26 Å². The van der Waals surface area contributed by atoms with Crippen LogP contribution in [0.3, 0.4) is 0 Å². The molecule has 1 aromatic rings. The fourth-order valence-electron chi connectivity index (χ4n) is 3.87. The van der Waals surface area contributed by atoms with Crippen LogP contribution in [0.15, 0.2) is 24.3 Å². The fraction of sp³-hybridized carbons (Fsp3) is 0.562. The number of fused-ring (bicyclic) bond motifs is 3. The Morgan fingerprint density at radius 1 is 1.18 bits per heavy atom. The Bertz CT molecular complexity index is 443. The van der Waals surface area contributed by atoms with Crippen molar-refractivity contribution in [2.45, 2.75) is 44.4 Å². The van der Waals surface area contributed by atoms with E-state index in [4.69, 9.17) is 5.26 Å². The highest BCUT2D eigenvalue weighted by Gasteiger charge is 2.34. The van der Waals surface area contributed by atoms with Crippen molar-refractivity contribution >= 4 is 0 Å². The van der Waals surface area contributed by atoms with Gasteiger partial charge in [0.2, 0.25) is 0 Å². The van der Waals surface area contributed by atoms with Crippen LogP contribution < -0.4 is 0 Å². The normalized spacial score (nSPS) is 31.1. The van der Waals surface area contributed by atoms with Gasteiger partial charge in [0.15, 0.2) is 0 Å². The lowest BCUT2D eigenvalue weighted by Crippen LogP contribution is -2.27. The van der Waals surface area contributed by atoms with Gasteiger partial charge in [-0.2, -0.15) is 5.26 Å². The summed E-state index contributed by atoms with van der Waals surface area (Å²) in [5, 5.41) is 8.82. The number of hydrogen-bond donors (Lipinski definition) is 0. The minimum Gasteiger partial charge on any atom is -0.198 e. The molecule has 0 aliphatic heterocycles. The lowest BCUT2D eigenvalue weighted by Gasteiger charge is -2.40. The molecule has 88 valence electrons. The Morgan fingerprint density at radius 3 is 2.94 bits per heavy atom. The molecule has 3 atom stereocenters. The van der Waals surface area contributed by atoms with Crippen molar-refractivity contribution in [3.05, 3.63) is 35.4 Å². The van der Waals surface area contributed by atoms with E-state index in [2.05, 4.69) is 30.3 Å². The Kier molecular flexibility index (Phi) is 2.89. The van der Waals surface area contributed by atoms with Gasteiger partial charge < -0.3 is 0 Å². The van der Waals surface area contributed by atoms with Gasteiger partial charge in [-0.1, -0.05) is 24.3 Å². The van der Waals surface area contributed by atoms with Crippen molar-refractivity contribution in [3.8, 4) is 6.07 Å². The van der Waals surface area contributed by atoms with Gasteiger partial charge >= 0.3 is 0 Å². The predicted molar refractivity (Wildman–Crippen MR) is 68.6 cm³/mol. The number of aryl methyl sites for hydroxylation is 1. The van der Waals surface area contributed by atoms with Gasteiger partial charge in [-0.05, 0) is 61.0 Å². The Hall–Kier alpha value is -1.29. The van der Waals surface area contributed by atoms with Crippen molar-refractivity contribution in [2.75, 3.05) is 0 Å². The van der Waals surface area contributed by atoms with Gasteiger partial charge in [0.1, 0.15) is 0 Å². The zero-order chi connectivity index (χ0) is 11.7. The van der Waals surface area contributed by atoms with Crippen molar-refractivity contribution in [1.82, 2.24) is 0 Å². The molecule has 2 aliphatic rings. The van der Waals surface area contributed by atoms with E-state index in [9.17, 15) is 0 Å². The summed E-state index contributed by atoms with van der Waals surface area (Å²) in [6, 6.07) is 11.3. The molecule has 1 nitrogen and oxygen atoms in total. The van der Waals surface area contributed by atoms with E-state index in [-0.39, 0.29) is 0 Å². The van der Waals surface area contributed by atoms with E-state index in [1.165, 1.54) is 32.1 Å². The van der Waals surface area contributed by atoms with Crippen molar-refractivity contribution < 1.29 is 0 Å². The highest BCUT2D eigenvalue weighted by molar-refractivity contribution is 5.33. The van der Waals surface area contributed by atoms with Crippen LogP contribution in [0.5, 0.6) is 0 Å². The third-order valence-electron chi connectivity index (χ3n) is 4.71. The first-order valence-corrected chi connectivity index (χ1v) is 6.83. The zero-order valence-electron chi connectivity index (χ0n) is 10.2. The summed E-state index contributed by atoms with van der Waals surface area (Å²) in [6.07, 6.45) is 7.19. The maximum atomic E-state index is 8.82. The lowest BCUT2D eigenvalue weighted by molar-refractivity contribution is 0.212. The molecule has 1 saturated carbocycles. The molecule has 0 heterocycles. The zero-order valence-corrected chi connectivity index (χ0v) is 10.2. The quantitative estimate of drug-likeness (QED) is 0.707. The number of nitriles is 1. The average molecular weight is 225 g/mol. The highest BCUT2D eigenvalue weighted by Crippen LogP contribution is 2.47. The summed E-state index contributed by atoms with van der Waals surface area (Å²) in [5.41, 5.74) is 3.19. The van der Waals surface area contributed by atoms with E-state index in [0.717, 1.165) is 18.3 Å². The molecule has 0 bridgehead atoms. The average Bonchev–Trinajstić information content (AvgIpc) is 2.39. The second kappa shape index (κ2) is 4.53. The summed E-state index contributed by atoms with van der Waals surface area (Å²) in [5.74, 6) is 2.30. The Morgan fingerprint density at radius 2 is 2.06 bits per heavy atom. The van der Waals surface area contributed by atoms with Gasteiger partial charge in [-0.15, -0.1) is 0 Å². The van der Waals surface area contributed by atoms with E-state index in [1.807, 2.05) is 0 Å². The van der Waals surface area contributed by atoms with Gasteiger partial charge in [-0.3, -0.25) is 0 Å². The molecule has 17 heavy (non-hydrogen) atoms. The van der Waals surface area contributed by atoms with Gasteiger partial charge in [0.05, 0.1) is 6.07 Å². The molecule has 0 aromatic heterocycles. The topological polar surface area (TPSA) is 23.8 Å². The number of benzene rings is 1. The molecule has 1 aromatic carbocycles. The first kappa shape index (κ1) is 10.8. The Balaban J connectivity index is 1.81.